The van der Waals surface area contributed by atoms with E-state index in [0.29, 0.717) is 76.7 Å². The lowest BCUT2D eigenvalue weighted by molar-refractivity contribution is 0.0978. The summed E-state index contributed by atoms with van der Waals surface area (Å²) in [5.74, 6) is -0.179. The zero-order chi connectivity index (χ0) is 101. The number of benzene rings is 8. The van der Waals surface area contributed by atoms with Gasteiger partial charge in [0.25, 0.3) is 23.6 Å². The molecule has 11 atom stereocenters. The summed E-state index contributed by atoms with van der Waals surface area (Å²) in [6, 6.07) is 29.6. The fourth-order valence-electron chi connectivity index (χ4n) is 19.5. The van der Waals surface area contributed by atoms with E-state index >= 15 is 0 Å². The molecule has 754 valence electrons. The van der Waals surface area contributed by atoms with Crippen LogP contribution in [0.4, 0.5) is 68.2 Å². The fourth-order valence-corrected chi connectivity index (χ4v) is 19.5. The Labute approximate surface area is 823 Å². The van der Waals surface area contributed by atoms with E-state index in [1.165, 1.54) is 125 Å². The standard InChI is InChI=1S/C28H38N2O5.3C28H36N2O5/c2*1-17(2)8-5-9-18(3)10-7-13-28(4)24(35-28)16-30-21-14-19(31)15-23(33)26(21)29-25-20(27(30)34)11-6-12-22(25)32;1-17(2)7-6-13-28(4)24(35-28)11-10-18(3)12-14-30-21-15-19(31)16-23(33)26(21)29-25-20(27(30)34)8-5-9-22(25)32;1-17(11-12-24-28(3,4)35-24)7-5-8-18(2)13-14-30-21-15-19(31)16-23(33)26(21)29-25-20(27(30)34)9-6-10-22(25)32/h6,11-12,14-15,17-18,24,29,31-33H,5,7-10,13,16H2,1-4H3;6,8,11-12,14-15,18,24,29,31-33H,5,7,9-10,13,16H2,1-4H3;5,7-9,15-16,18,24,29,31-33H,6,10-14H2,1-4H3;6-7,9-10,15-16,18,24,29,31-33H,5,8,11-14H2,1-4H3/b;;;17-7+. The Kier molecular flexibility index (Phi) is 33.4. The molecule has 0 aromatic heterocycles. The highest BCUT2D eigenvalue weighted by Crippen LogP contribution is 2.55. The Morgan fingerprint density at radius 1 is 0.336 bits per heavy atom. The second-order valence-corrected chi connectivity index (χ2v) is 42.0. The first kappa shape index (κ1) is 105. The second kappa shape index (κ2) is 44.5. The molecule has 8 aromatic rings. The molecule has 4 amide bonds. The molecule has 8 aliphatic rings. The summed E-state index contributed by atoms with van der Waals surface area (Å²) in [7, 11) is 0. The number of carbonyl (C=O) groups is 4. The minimum atomic E-state index is -0.335. The Balaban J connectivity index is 0.000000157. The summed E-state index contributed by atoms with van der Waals surface area (Å²) in [4.78, 5) is 60.2. The first-order valence-corrected chi connectivity index (χ1v) is 49.8. The van der Waals surface area contributed by atoms with E-state index in [1.54, 1.807) is 58.3 Å². The number of anilines is 12. The van der Waals surface area contributed by atoms with Crippen LogP contribution in [-0.4, -0.2) is 158 Å². The van der Waals surface area contributed by atoms with Gasteiger partial charge in [0.2, 0.25) is 0 Å². The molecule has 4 fully saturated rings. The lowest BCUT2D eigenvalue weighted by Crippen LogP contribution is -2.35. The van der Waals surface area contributed by atoms with Gasteiger partial charge in [0, 0.05) is 61.6 Å². The van der Waals surface area contributed by atoms with E-state index in [2.05, 4.69) is 150 Å². The summed E-state index contributed by atoms with van der Waals surface area (Å²) >= 11 is 0. The molecule has 0 spiro atoms. The largest absolute Gasteiger partial charge is 0.508 e. The predicted molar refractivity (Wildman–Crippen MR) is 551 cm³/mol. The normalized spacial score (nSPS) is 21.0. The number of nitrogens with one attached hydrogen (secondary N) is 4. The van der Waals surface area contributed by atoms with Crippen LogP contribution >= 0.6 is 0 Å². The Bertz CT molecular complexity index is 5920. The van der Waals surface area contributed by atoms with Crippen molar-refractivity contribution < 1.29 is 99.4 Å². The molecular weight excluding hydrogens is 1780 g/mol. The molecule has 8 heterocycles. The van der Waals surface area contributed by atoms with E-state index < -0.39 is 0 Å². The van der Waals surface area contributed by atoms with Gasteiger partial charge in [-0.05, 0) is 237 Å². The molecular formula is C112H146N8O20. The molecule has 8 aliphatic heterocycles. The number of ether oxygens (including phenoxy) is 4. The minimum absolute atomic E-state index is 0.0300. The molecule has 0 saturated carbocycles. The fraction of sp³-hybridized carbons (Fsp3) is 0.482. The van der Waals surface area contributed by atoms with Crippen molar-refractivity contribution in [3.05, 3.63) is 179 Å². The van der Waals surface area contributed by atoms with Crippen LogP contribution in [-0.2, 0) is 18.9 Å². The van der Waals surface area contributed by atoms with Crippen LogP contribution in [0.15, 0.2) is 156 Å². The van der Waals surface area contributed by atoms with Crippen molar-refractivity contribution in [3.8, 4) is 69.0 Å². The quantitative estimate of drug-likeness (QED) is 0.00744. The molecule has 0 radical (unpaired) electrons. The number of carbonyl (C=O) groups excluding carboxylic acids is 4. The number of amides is 4. The first-order chi connectivity index (χ1) is 66.3. The summed E-state index contributed by atoms with van der Waals surface area (Å²) in [6.07, 6.45) is 29.1. The zero-order valence-electron chi connectivity index (χ0n) is 84.1. The van der Waals surface area contributed by atoms with Gasteiger partial charge in [0.1, 0.15) is 104 Å². The molecule has 0 bridgehead atoms. The maximum atomic E-state index is 13.6. The van der Waals surface area contributed by atoms with Crippen LogP contribution in [0.3, 0.4) is 0 Å². The Morgan fingerprint density at radius 2 is 0.650 bits per heavy atom. The van der Waals surface area contributed by atoms with Gasteiger partial charge in [-0.15, -0.1) is 0 Å². The molecule has 16 rings (SSSR count). The number of phenols is 12. The van der Waals surface area contributed by atoms with Gasteiger partial charge in [-0.25, -0.2) is 0 Å². The molecule has 28 heteroatoms. The number of allylic oxidation sites excluding steroid dienone is 6. The summed E-state index contributed by atoms with van der Waals surface area (Å²) in [5, 5.41) is 136. The lowest BCUT2D eigenvalue weighted by atomic mass is 9.92. The van der Waals surface area contributed by atoms with Crippen molar-refractivity contribution in [3.63, 3.8) is 0 Å². The van der Waals surface area contributed by atoms with Crippen molar-refractivity contribution in [1.29, 1.82) is 0 Å². The van der Waals surface area contributed by atoms with Crippen LogP contribution in [0.25, 0.3) is 0 Å². The molecule has 140 heavy (non-hydrogen) atoms. The van der Waals surface area contributed by atoms with E-state index in [-0.39, 0.29) is 203 Å². The maximum absolute atomic E-state index is 13.6. The highest BCUT2D eigenvalue weighted by atomic mass is 16.6. The third kappa shape index (κ3) is 25.8. The number of epoxide rings is 4. The number of aromatic hydroxyl groups is 12. The number of rotatable bonds is 37. The number of hydrogen-bond acceptors (Lipinski definition) is 24. The summed E-state index contributed by atoms with van der Waals surface area (Å²) < 4.78 is 23.8. The number of para-hydroxylation sites is 4. The summed E-state index contributed by atoms with van der Waals surface area (Å²) in [6.45, 7) is 36.1. The highest BCUT2D eigenvalue weighted by molar-refractivity contribution is 6.18. The topological polar surface area (TPSA) is 422 Å². The van der Waals surface area contributed by atoms with Gasteiger partial charge in [-0.3, -0.25) is 19.2 Å². The van der Waals surface area contributed by atoms with E-state index in [1.807, 2.05) is 0 Å². The van der Waals surface area contributed by atoms with Crippen molar-refractivity contribution in [2.75, 3.05) is 67.0 Å². The van der Waals surface area contributed by atoms with Crippen LogP contribution in [0.5, 0.6) is 69.0 Å². The van der Waals surface area contributed by atoms with Gasteiger partial charge in [-0.1, -0.05) is 146 Å². The van der Waals surface area contributed by atoms with Gasteiger partial charge in [-0.2, -0.15) is 0 Å². The lowest BCUT2D eigenvalue weighted by Gasteiger charge is -2.25. The smallest absolute Gasteiger partial charge is 0.260 e. The minimum Gasteiger partial charge on any atom is -0.508 e. The molecule has 8 aromatic carbocycles. The van der Waals surface area contributed by atoms with E-state index in [9.17, 15) is 80.5 Å². The number of nitrogens with zero attached hydrogens (tertiary/aromatic N) is 4. The van der Waals surface area contributed by atoms with Crippen molar-refractivity contribution >= 4 is 91.9 Å². The molecule has 11 unspecified atom stereocenters. The Morgan fingerprint density at radius 3 is 1.01 bits per heavy atom. The Hall–Kier alpha value is -12.5. The first-order valence-electron chi connectivity index (χ1n) is 49.8. The zero-order valence-corrected chi connectivity index (χ0v) is 84.1. The van der Waals surface area contributed by atoms with Crippen molar-refractivity contribution in [1.82, 2.24) is 0 Å². The molecule has 16 N–H and O–H groups in total. The summed E-state index contributed by atoms with van der Waals surface area (Å²) in [5.41, 5.74) is 8.14. The molecule has 28 nitrogen and oxygen atoms in total. The van der Waals surface area contributed by atoms with Crippen molar-refractivity contribution in [2.24, 2.45) is 29.6 Å². The highest BCUT2D eigenvalue weighted by Gasteiger charge is 2.56. The van der Waals surface area contributed by atoms with Gasteiger partial charge < -0.3 is 121 Å². The van der Waals surface area contributed by atoms with E-state index in [0.717, 1.165) is 115 Å². The third-order valence-corrected chi connectivity index (χ3v) is 28.7. The SMILES string of the molecule is C/C(=C\CCC(C)CCN1C(=O)c2cccc(O)c2Nc2c(O)cc(O)cc21)CCC1OC1(C)C.CC(C)=CCCC(C)CCCC1(C)OC1CN1C(=O)c2cccc(O)c2Nc2c(O)cc(O)cc21.CC(C)=CCCC1(C)OC1CCC(C)CCN1C(=O)c2cccc(O)c2Nc2c(O)cc(O)cc21.CC(C)CCCC(C)CCCC1(C)OC1CN1C(=O)c2cccc(O)c2Nc2c(O)cc(O)cc21. The van der Waals surface area contributed by atoms with Gasteiger partial charge in [0.15, 0.2) is 0 Å². The predicted octanol–water partition coefficient (Wildman–Crippen LogP) is 24.9. The third-order valence-electron chi connectivity index (χ3n) is 28.7. The van der Waals surface area contributed by atoms with E-state index in [4.69, 9.17) is 18.9 Å². The van der Waals surface area contributed by atoms with Crippen LogP contribution < -0.4 is 40.9 Å². The van der Waals surface area contributed by atoms with Crippen molar-refractivity contribution in [2.45, 2.75) is 292 Å². The number of hydrogen-bond donors (Lipinski definition) is 16. The second-order valence-electron chi connectivity index (χ2n) is 42.0. The molecule has 0 aliphatic carbocycles. The average molecular weight is 1920 g/mol. The average Bonchev–Trinajstić information content (AvgIpc) is 1.58. The van der Waals surface area contributed by atoms with Gasteiger partial charge in [0.05, 0.1) is 115 Å². The van der Waals surface area contributed by atoms with Gasteiger partial charge >= 0.3 is 0 Å². The van der Waals surface area contributed by atoms with Crippen LogP contribution in [0.1, 0.15) is 287 Å². The van der Waals surface area contributed by atoms with Crippen LogP contribution in [0.2, 0.25) is 0 Å². The number of fused-ring (bicyclic) bond motifs is 8. The van der Waals surface area contributed by atoms with Crippen LogP contribution in [0, 0.1) is 29.6 Å². The maximum Gasteiger partial charge on any atom is 0.260 e. The monoisotopic (exact) mass is 1920 g/mol. The molecule has 4 saturated heterocycles. The number of phenolic OH excluding ortho intramolecular Hbond substituents is 12.